The molecule has 2 fully saturated rings. The van der Waals surface area contributed by atoms with Gasteiger partial charge in [0.05, 0.1) is 6.61 Å². The van der Waals surface area contributed by atoms with E-state index in [-0.39, 0.29) is 0 Å². The summed E-state index contributed by atoms with van der Waals surface area (Å²) in [5.74, 6) is 1.06. The lowest BCUT2D eigenvalue weighted by atomic mass is 9.71. The van der Waals surface area contributed by atoms with Gasteiger partial charge in [-0.2, -0.15) is 0 Å². The first-order valence-electron chi connectivity index (χ1n) is 8.45. The maximum atomic E-state index is 5.75. The molecule has 0 aliphatic carbocycles. The number of benzene rings is 1. The van der Waals surface area contributed by atoms with E-state index >= 15 is 0 Å². The zero-order valence-electron chi connectivity index (χ0n) is 13.2. The molecule has 3 nitrogen and oxygen atoms in total. The molecule has 0 saturated carbocycles. The third-order valence-electron chi connectivity index (χ3n) is 5.25. The van der Waals surface area contributed by atoms with Crippen LogP contribution < -0.4 is 10.1 Å². The molecule has 1 aromatic rings. The van der Waals surface area contributed by atoms with Crippen LogP contribution in [-0.2, 0) is 6.54 Å². The lowest BCUT2D eigenvalue weighted by molar-refractivity contribution is 0.0696. The maximum Gasteiger partial charge on any atom is 0.123 e. The average Bonchev–Trinajstić information content (AvgIpc) is 2.53. The molecule has 1 spiro atoms. The minimum Gasteiger partial charge on any atom is -0.494 e. The van der Waals surface area contributed by atoms with E-state index < -0.39 is 0 Å². The number of likely N-dealkylation sites (tertiary alicyclic amines) is 1. The number of hydrogen-bond donors (Lipinski definition) is 1. The highest BCUT2D eigenvalue weighted by Crippen LogP contribution is 2.39. The molecule has 3 heteroatoms. The topological polar surface area (TPSA) is 24.5 Å². The van der Waals surface area contributed by atoms with Crippen LogP contribution in [0.25, 0.3) is 0 Å². The van der Waals surface area contributed by atoms with E-state index in [0.29, 0.717) is 5.41 Å². The Morgan fingerprint density at radius 3 is 2.52 bits per heavy atom. The van der Waals surface area contributed by atoms with Crippen molar-refractivity contribution < 1.29 is 4.74 Å². The molecule has 0 radical (unpaired) electrons. The standard InChI is InChI=1S/C18H28N2O/c1-2-21-17-6-4-3-5-16(17)15-20-13-9-18(10-14-20)7-11-19-12-8-18/h3-6,19H,2,7-15H2,1H3. The lowest BCUT2D eigenvalue weighted by Crippen LogP contribution is -2.45. The van der Waals surface area contributed by atoms with Crippen LogP contribution in [0.5, 0.6) is 5.75 Å². The Hall–Kier alpha value is -1.06. The largest absolute Gasteiger partial charge is 0.494 e. The molecule has 21 heavy (non-hydrogen) atoms. The highest BCUT2D eigenvalue weighted by atomic mass is 16.5. The molecule has 2 aliphatic heterocycles. The number of ether oxygens (including phenoxy) is 1. The van der Waals surface area contributed by atoms with Gasteiger partial charge in [0.15, 0.2) is 0 Å². The van der Waals surface area contributed by atoms with Crippen molar-refractivity contribution in [3.05, 3.63) is 29.8 Å². The third-order valence-corrected chi connectivity index (χ3v) is 5.25. The number of nitrogens with zero attached hydrogens (tertiary/aromatic N) is 1. The minimum absolute atomic E-state index is 0.640. The number of piperidine rings is 2. The number of nitrogens with one attached hydrogen (secondary N) is 1. The number of rotatable bonds is 4. The van der Waals surface area contributed by atoms with Gasteiger partial charge in [0.1, 0.15) is 5.75 Å². The van der Waals surface area contributed by atoms with Crippen LogP contribution in [0, 0.1) is 5.41 Å². The van der Waals surface area contributed by atoms with E-state index in [2.05, 4.69) is 41.4 Å². The van der Waals surface area contributed by atoms with Gasteiger partial charge in [0.25, 0.3) is 0 Å². The first-order chi connectivity index (χ1) is 10.3. The lowest BCUT2D eigenvalue weighted by Gasteiger charge is -2.44. The van der Waals surface area contributed by atoms with Gasteiger partial charge in [-0.1, -0.05) is 18.2 Å². The van der Waals surface area contributed by atoms with Crippen molar-refractivity contribution in [3.63, 3.8) is 0 Å². The van der Waals surface area contributed by atoms with E-state index in [9.17, 15) is 0 Å². The minimum atomic E-state index is 0.640. The monoisotopic (exact) mass is 288 g/mol. The molecular weight excluding hydrogens is 260 g/mol. The van der Waals surface area contributed by atoms with E-state index in [0.717, 1.165) is 18.9 Å². The zero-order chi connectivity index (χ0) is 14.5. The fourth-order valence-electron chi connectivity index (χ4n) is 3.81. The summed E-state index contributed by atoms with van der Waals surface area (Å²) in [7, 11) is 0. The summed E-state index contributed by atoms with van der Waals surface area (Å²) in [6.07, 6.45) is 5.48. The van der Waals surface area contributed by atoms with Gasteiger partial charge in [-0.3, -0.25) is 4.90 Å². The number of para-hydroxylation sites is 1. The van der Waals surface area contributed by atoms with Crippen molar-refractivity contribution in [1.29, 1.82) is 0 Å². The van der Waals surface area contributed by atoms with Crippen LogP contribution in [0.15, 0.2) is 24.3 Å². The Morgan fingerprint density at radius 1 is 1.10 bits per heavy atom. The van der Waals surface area contributed by atoms with Crippen LogP contribution in [0.2, 0.25) is 0 Å². The molecule has 0 atom stereocenters. The van der Waals surface area contributed by atoms with Crippen molar-refractivity contribution in [2.75, 3.05) is 32.8 Å². The van der Waals surface area contributed by atoms with Crippen LogP contribution in [-0.4, -0.2) is 37.7 Å². The van der Waals surface area contributed by atoms with Gasteiger partial charge in [0.2, 0.25) is 0 Å². The molecule has 3 rings (SSSR count). The first kappa shape index (κ1) is 14.9. The summed E-state index contributed by atoms with van der Waals surface area (Å²) in [4.78, 5) is 2.60. The second-order valence-corrected chi connectivity index (χ2v) is 6.57. The smallest absolute Gasteiger partial charge is 0.123 e. The Balaban J connectivity index is 1.58. The Labute approximate surface area is 128 Å². The molecule has 1 N–H and O–H groups in total. The van der Waals surface area contributed by atoms with Crippen LogP contribution in [0.1, 0.15) is 38.2 Å². The van der Waals surface area contributed by atoms with Gasteiger partial charge in [-0.15, -0.1) is 0 Å². The fraction of sp³-hybridized carbons (Fsp3) is 0.667. The fourth-order valence-corrected chi connectivity index (χ4v) is 3.81. The summed E-state index contributed by atoms with van der Waals surface area (Å²) in [5.41, 5.74) is 1.97. The van der Waals surface area contributed by atoms with E-state index in [1.165, 1.54) is 57.4 Å². The van der Waals surface area contributed by atoms with Gasteiger partial charge < -0.3 is 10.1 Å². The van der Waals surface area contributed by atoms with Gasteiger partial charge in [0, 0.05) is 12.1 Å². The van der Waals surface area contributed by atoms with Crippen LogP contribution in [0.3, 0.4) is 0 Å². The van der Waals surface area contributed by atoms with Crippen LogP contribution in [0.4, 0.5) is 0 Å². The first-order valence-corrected chi connectivity index (χ1v) is 8.45. The molecule has 2 aliphatic rings. The molecule has 116 valence electrons. The van der Waals surface area contributed by atoms with Gasteiger partial charge in [-0.25, -0.2) is 0 Å². The molecule has 1 aromatic carbocycles. The molecule has 0 amide bonds. The molecule has 2 saturated heterocycles. The van der Waals surface area contributed by atoms with Crippen molar-refractivity contribution >= 4 is 0 Å². The third kappa shape index (κ3) is 3.58. The maximum absolute atomic E-state index is 5.75. The zero-order valence-corrected chi connectivity index (χ0v) is 13.2. The van der Waals surface area contributed by atoms with E-state index in [1.807, 2.05) is 0 Å². The van der Waals surface area contributed by atoms with Crippen molar-refractivity contribution in [3.8, 4) is 5.75 Å². The summed E-state index contributed by atoms with van der Waals surface area (Å²) >= 11 is 0. The van der Waals surface area contributed by atoms with Crippen molar-refractivity contribution in [1.82, 2.24) is 10.2 Å². The van der Waals surface area contributed by atoms with Crippen molar-refractivity contribution in [2.45, 2.75) is 39.2 Å². The Bertz CT molecular complexity index is 444. The Morgan fingerprint density at radius 2 is 1.81 bits per heavy atom. The summed E-state index contributed by atoms with van der Waals surface area (Å²) in [6, 6.07) is 8.49. The molecule has 0 bridgehead atoms. The second kappa shape index (κ2) is 6.80. The molecular formula is C18H28N2O. The number of hydrogen-bond acceptors (Lipinski definition) is 3. The quantitative estimate of drug-likeness (QED) is 0.921. The van der Waals surface area contributed by atoms with Crippen molar-refractivity contribution in [2.24, 2.45) is 5.41 Å². The summed E-state index contributed by atoms with van der Waals surface area (Å²) < 4.78 is 5.75. The predicted octanol–water partition coefficient (Wildman–Crippen LogP) is 3.05. The highest BCUT2D eigenvalue weighted by molar-refractivity contribution is 5.33. The second-order valence-electron chi connectivity index (χ2n) is 6.57. The SMILES string of the molecule is CCOc1ccccc1CN1CCC2(CCNCC2)CC1. The normalized spacial score (nSPS) is 22.3. The van der Waals surface area contributed by atoms with Gasteiger partial charge in [-0.05, 0) is 70.3 Å². The Kier molecular flexibility index (Phi) is 4.81. The van der Waals surface area contributed by atoms with E-state index in [4.69, 9.17) is 4.74 Å². The molecule has 2 heterocycles. The molecule has 0 unspecified atom stereocenters. The summed E-state index contributed by atoms with van der Waals surface area (Å²) in [6.45, 7) is 8.73. The van der Waals surface area contributed by atoms with Crippen LogP contribution >= 0.6 is 0 Å². The molecule has 0 aromatic heterocycles. The highest BCUT2D eigenvalue weighted by Gasteiger charge is 2.35. The van der Waals surface area contributed by atoms with E-state index in [1.54, 1.807) is 0 Å². The predicted molar refractivity (Wildman–Crippen MR) is 86.7 cm³/mol. The average molecular weight is 288 g/mol. The van der Waals surface area contributed by atoms with Gasteiger partial charge >= 0.3 is 0 Å². The summed E-state index contributed by atoms with van der Waals surface area (Å²) in [5, 5.41) is 3.50.